The average molecular weight is 371 g/mol. The fraction of sp³-hybridized carbons (Fsp3) is 0.455. The Kier molecular flexibility index (Phi) is 5.72. The lowest BCUT2D eigenvalue weighted by atomic mass is 10.1. The molecule has 144 valence electrons. The third kappa shape index (κ3) is 4.67. The van der Waals surface area contributed by atoms with E-state index in [1.807, 2.05) is 6.07 Å². The minimum Gasteiger partial charge on any atom is -0.489 e. The van der Waals surface area contributed by atoms with Gasteiger partial charge in [0.25, 0.3) is 0 Å². The Labute approximate surface area is 159 Å². The zero-order valence-corrected chi connectivity index (χ0v) is 15.4. The lowest BCUT2D eigenvalue weighted by Gasteiger charge is -2.22. The quantitative estimate of drug-likeness (QED) is 0.811. The van der Waals surface area contributed by atoms with Crippen LogP contribution in [0.3, 0.4) is 0 Å². The van der Waals surface area contributed by atoms with Crippen LogP contribution in [0.25, 0.3) is 0 Å². The summed E-state index contributed by atoms with van der Waals surface area (Å²) < 4.78 is 24.9. The fourth-order valence-corrected chi connectivity index (χ4v) is 4.03. The molecule has 4 rings (SSSR count). The van der Waals surface area contributed by atoms with Crippen LogP contribution in [0.4, 0.5) is 4.39 Å². The van der Waals surface area contributed by atoms with Crippen LogP contribution in [0.1, 0.15) is 30.1 Å². The van der Waals surface area contributed by atoms with E-state index in [0.717, 1.165) is 32.4 Å². The first-order valence-electron chi connectivity index (χ1n) is 9.69. The number of fused-ring (bicyclic) bond motifs is 1. The fourth-order valence-electron chi connectivity index (χ4n) is 4.03. The van der Waals surface area contributed by atoms with Gasteiger partial charge in [-0.15, -0.1) is 0 Å². The lowest BCUT2D eigenvalue weighted by molar-refractivity contribution is -0.0200. The first-order chi connectivity index (χ1) is 13.2. The molecule has 0 aromatic heterocycles. The standard InChI is InChI=1S/C22H26FNO3/c23-17-6-8-19(9-7-17)27-20-11-12-24(14-20)13-18(25)15-26-22-10-5-16-3-1-2-4-21(16)22/h1-4,6-9,18,20,22,25H,5,10-15H2/t18-,20-,22-/m1/s1. The number of halogens is 1. The zero-order chi connectivity index (χ0) is 18.6. The van der Waals surface area contributed by atoms with Crippen molar-refractivity contribution in [3.63, 3.8) is 0 Å². The van der Waals surface area contributed by atoms with Crippen molar-refractivity contribution in [3.8, 4) is 5.75 Å². The monoisotopic (exact) mass is 371 g/mol. The van der Waals surface area contributed by atoms with Crippen LogP contribution in [-0.2, 0) is 11.2 Å². The molecule has 2 aromatic carbocycles. The van der Waals surface area contributed by atoms with Gasteiger partial charge in [-0.05, 0) is 54.7 Å². The number of aliphatic hydroxyl groups is 1. The maximum absolute atomic E-state index is 13.0. The molecule has 2 aliphatic rings. The maximum Gasteiger partial charge on any atom is 0.123 e. The van der Waals surface area contributed by atoms with E-state index in [1.165, 1.54) is 23.3 Å². The van der Waals surface area contributed by atoms with Gasteiger partial charge >= 0.3 is 0 Å². The highest BCUT2D eigenvalue weighted by Crippen LogP contribution is 2.33. The van der Waals surface area contributed by atoms with E-state index in [9.17, 15) is 9.50 Å². The van der Waals surface area contributed by atoms with Gasteiger partial charge in [-0.3, -0.25) is 4.90 Å². The molecule has 2 aromatic rings. The summed E-state index contributed by atoms with van der Waals surface area (Å²) in [5, 5.41) is 10.4. The van der Waals surface area contributed by atoms with Crippen LogP contribution in [0, 0.1) is 5.82 Å². The normalized spacial score (nSPS) is 23.3. The number of β-amino-alcohol motifs (C(OH)–C–C–N with tert-alkyl or cyclic N) is 1. The second-order valence-electron chi connectivity index (χ2n) is 7.46. The van der Waals surface area contributed by atoms with E-state index in [1.54, 1.807) is 12.1 Å². The summed E-state index contributed by atoms with van der Waals surface area (Å²) in [4.78, 5) is 2.20. The van der Waals surface area contributed by atoms with E-state index < -0.39 is 6.10 Å². The second-order valence-corrected chi connectivity index (χ2v) is 7.46. The molecule has 1 N–H and O–H groups in total. The molecule has 1 aliphatic heterocycles. The highest BCUT2D eigenvalue weighted by molar-refractivity contribution is 5.33. The number of hydrogen-bond donors (Lipinski definition) is 1. The van der Waals surface area contributed by atoms with Crippen molar-refractivity contribution < 1.29 is 19.0 Å². The number of likely N-dealkylation sites (tertiary alicyclic amines) is 1. The molecule has 1 aliphatic carbocycles. The van der Waals surface area contributed by atoms with Crippen LogP contribution in [0.15, 0.2) is 48.5 Å². The Morgan fingerprint density at radius 3 is 2.78 bits per heavy atom. The minimum absolute atomic E-state index is 0.0743. The Morgan fingerprint density at radius 1 is 1.11 bits per heavy atom. The van der Waals surface area contributed by atoms with Gasteiger partial charge in [0, 0.05) is 19.6 Å². The lowest BCUT2D eigenvalue weighted by Crippen LogP contribution is -2.35. The van der Waals surface area contributed by atoms with E-state index in [4.69, 9.17) is 9.47 Å². The van der Waals surface area contributed by atoms with Gasteiger partial charge in [0.1, 0.15) is 17.7 Å². The number of aryl methyl sites for hydroxylation is 1. The molecule has 0 amide bonds. The first-order valence-corrected chi connectivity index (χ1v) is 9.69. The number of nitrogens with zero attached hydrogens (tertiary/aromatic N) is 1. The summed E-state index contributed by atoms with van der Waals surface area (Å²) in [6, 6.07) is 14.5. The highest BCUT2D eigenvalue weighted by Gasteiger charge is 2.27. The Hall–Kier alpha value is -1.95. The number of rotatable bonds is 7. The van der Waals surface area contributed by atoms with Crippen molar-refractivity contribution in [2.75, 3.05) is 26.2 Å². The van der Waals surface area contributed by atoms with Crippen LogP contribution in [-0.4, -0.2) is 48.5 Å². The van der Waals surface area contributed by atoms with Crippen molar-refractivity contribution in [1.29, 1.82) is 0 Å². The molecule has 0 saturated carbocycles. The average Bonchev–Trinajstić information content (AvgIpc) is 3.29. The van der Waals surface area contributed by atoms with E-state index in [2.05, 4.69) is 23.1 Å². The summed E-state index contributed by atoms with van der Waals surface area (Å²) >= 11 is 0. The molecule has 0 bridgehead atoms. The van der Waals surface area contributed by atoms with Crippen LogP contribution in [0.5, 0.6) is 5.75 Å². The van der Waals surface area contributed by atoms with Crippen molar-refractivity contribution >= 4 is 0 Å². The largest absolute Gasteiger partial charge is 0.489 e. The minimum atomic E-state index is -0.512. The summed E-state index contributed by atoms with van der Waals surface area (Å²) in [6.45, 7) is 2.58. The molecular formula is C22H26FNO3. The number of benzene rings is 2. The van der Waals surface area contributed by atoms with Crippen molar-refractivity contribution in [3.05, 3.63) is 65.5 Å². The number of hydrogen-bond acceptors (Lipinski definition) is 4. The van der Waals surface area contributed by atoms with Crippen LogP contribution >= 0.6 is 0 Å². The maximum atomic E-state index is 13.0. The molecule has 1 fully saturated rings. The summed E-state index contributed by atoms with van der Waals surface area (Å²) in [7, 11) is 0. The van der Waals surface area contributed by atoms with Crippen LogP contribution < -0.4 is 4.74 Å². The Bertz CT molecular complexity index is 751. The third-order valence-electron chi connectivity index (χ3n) is 5.38. The molecule has 0 spiro atoms. The SMILES string of the molecule is O[C@@H](CO[C@@H]1CCc2ccccc21)CN1CC[C@@H](Oc2ccc(F)cc2)C1. The van der Waals surface area contributed by atoms with Gasteiger partial charge in [-0.1, -0.05) is 24.3 Å². The van der Waals surface area contributed by atoms with Gasteiger partial charge in [-0.2, -0.15) is 0 Å². The zero-order valence-electron chi connectivity index (χ0n) is 15.4. The molecule has 1 saturated heterocycles. The molecule has 0 unspecified atom stereocenters. The van der Waals surface area contributed by atoms with E-state index in [0.29, 0.717) is 18.9 Å². The molecule has 27 heavy (non-hydrogen) atoms. The molecule has 3 atom stereocenters. The number of ether oxygens (including phenoxy) is 2. The van der Waals surface area contributed by atoms with Crippen LogP contribution in [0.2, 0.25) is 0 Å². The van der Waals surface area contributed by atoms with Gasteiger partial charge < -0.3 is 14.6 Å². The predicted octanol–water partition coefficient (Wildman–Crippen LogP) is 3.34. The van der Waals surface area contributed by atoms with Crippen molar-refractivity contribution in [2.45, 2.75) is 37.6 Å². The van der Waals surface area contributed by atoms with E-state index in [-0.39, 0.29) is 18.0 Å². The second kappa shape index (κ2) is 8.38. The predicted molar refractivity (Wildman–Crippen MR) is 101 cm³/mol. The van der Waals surface area contributed by atoms with E-state index >= 15 is 0 Å². The summed E-state index contributed by atoms with van der Waals surface area (Å²) in [6.07, 6.45) is 2.60. The van der Waals surface area contributed by atoms with Crippen molar-refractivity contribution in [1.82, 2.24) is 4.90 Å². The molecule has 0 radical (unpaired) electrons. The first kappa shape index (κ1) is 18.4. The smallest absolute Gasteiger partial charge is 0.123 e. The number of aliphatic hydroxyl groups excluding tert-OH is 1. The molecule has 4 nitrogen and oxygen atoms in total. The molecule has 5 heteroatoms. The highest BCUT2D eigenvalue weighted by atomic mass is 19.1. The molecular weight excluding hydrogens is 345 g/mol. The van der Waals surface area contributed by atoms with Gasteiger partial charge in [0.05, 0.1) is 18.8 Å². The molecule has 1 heterocycles. The van der Waals surface area contributed by atoms with Gasteiger partial charge in [0.15, 0.2) is 0 Å². The third-order valence-corrected chi connectivity index (χ3v) is 5.38. The topological polar surface area (TPSA) is 41.9 Å². The summed E-state index contributed by atoms with van der Waals surface area (Å²) in [5.41, 5.74) is 2.62. The van der Waals surface area contributed by atoms with Gasteiger partial charge in [-0.25, -0.2) is 4.39 Å². The summed E-state index contributed by atoms with van der Waals surface area (Å²) in [5.74, 6) is 0.426. The Morgan fingerprint density at radius 2 is 1.93 bits per heavy atom. The van der Waals surface area contributed by atoms with Crippen molar-refractivity contribution in [2.24, 2.45) is 0 Å². The van der Waals surface area contributed by atoms with Gasteiger partial charge in [0.2, 0.25) is 0 Å². The Balaban J connectivity index is 1.20.